The van der Waals surface area contributed by atoms with Crippen molar-refractivity contribution in [2.24, 2.45) is 0 Å². The zero-order valence-corrected chi connectivity index (χ0v) is 9.27. The molecule has 15 heavy (non-hydrogen) atoms. The van der Waals surface area contributed by atoms with Crippen LogP contribution in [0.4, 0.5) is 0 Å². The predicted molar refractivity (Wildman–Crippen MR) is 59.2 cm³/mol. The number of aliphatic hydroxyl groups excluding tert-OH is 1. The Morgan fingerprint density at radius 3 is 2.40 bits per heavy atom. The third kappa shape index (κ3) is 3.90. The van der Waals surface area contributed by atoms with Gasteiger partial charge in [0.2, 0.25) is 0 Å². The van der Waals surface area contributed by atoms with Gasteiger partial charge in [-0.1, -0.05) is 12.1 Å². The van der Waals surface area contributed by atoms with Crippen molar-refractivity contribution in [1.82, 2.24) is 0 Å². The van der Waals surface area contributed by atoms with Crippen LogP contribution in [-0.4, -0.2) is 31.5 Å². The molecule has 0 heterocycles. The van der Waals surface area contributed by atoms with E-state index in [0.717, 1.165) is 17.7 Å². The fraction of sp³-hybridized carbons (Fsp3) is 0.500. The number of methoxy groups -OCH3 is 1. The third-order valence-corrected chi connectivity index (χ3v) is 2.23. The second-order valence-electron chi connectivity index (χ2n) is 3.31. The molecule has 84 valence electrons. The van der Waals surface area contributed by atoms with Gasteiger partial charge < -0.3 is 14.6 Å². The van der Waals surface area contributed by atoms with Gasteiger partial charge in [-0.25, -0.2) is 0 Å². The highest BCUT2D eigenvalue weighted by atomic mass is 16.5. The van der Waals surface area contributed by atoms with Crippen LogP contribution in [0.25, 0.3) is 0 Å². The summed E-state index contributed by atoms with van der Waals surface area (Å²) >= 11 is 0. The zero-order chi connectivity index (χ0) is 11.1. The molecule has 0 unspecified atom stereocenters. The number of hydrogen-bond donors (Lipinski definition) is 1. The Labute approximate surface area is 90.6 Å². The summed E-state index contributed by atoms with van der Waals surface area (Å²) in [6.07, 6.45) is 0.623. The van der Waals surface area contributed by atoms with Crippen LogP contribution < -0.4 is 4.74 Å². The fourth-order valence-electron chi connectivity index (χ4n) is 1.44. The number of aliphatic hydroxyl groups is 1. The average molecular weight is 210 g/mol. The minimum absolute atomic E-state index is 0.0554. The van der Waals surface area contributed by atoms with Gasteiger partial charge in [0.15, 0.2) is 0 Å². The van der Waals surface area contributed by atoms with E-state index in [1.165, 1.54) is 0 Å². The zero-order valence-electron chi connectivity index (χ0n) is 9.27. The average Bonchev–Trinajstić information content (AvgIpc) is 2.29. The van der Waals surface area contributed by atoms with E-state index in [0.29, 0.717) is 6.61 Å². The van der Waals surface area contributed by atoms with Crippen molar-refractivity contribution >= 4 is 0 Å². The lowest BCUT2D eigenvalue weighted by Gasteiger charge is -2.14. The maximum Gasteiger partial charge on any atom is 0.118 e. The maximum absolute atomic E-state index is 9.07. The Bertz CT molecular complexity index is 269. The van der Waals surface area contributed by atoms with Crippen molar-refractivity contribution in [1.29, 1.82) is 0 Å². The molecule has 0 fully saturated rings. The summed E-state index contributed by atoms with van der Waals surface area (Å²) in [6.45, 7) is 2.61. The molecule has 0 aliphatic rings. The van der Waals surface area contributed by atoms with Gasteiger partial charge in [0.05, 0.1) is 19.8 Å². The van der Waals surface area contributed by atoms with Crippen LogP contribution in [0.3, 0.4) is 0 Å². The van der Waals surface area contributed by atoms with E-state index in [9.17, 15) is 0 Å². The van der Waals surface area contributed by atoms with Crippen LogP contribution in [0.15, 0.2) is 24.3 Å². The third-order valence-electron chi connectivity index (χ3n) is 2.23. The SMILES string of the molecule is CCO[C@H](CO)Cc1ccc(OC)cc1. The van der Waals surface area contributed by atoms with Gasteiger partial charge in [-0.2, -0.15) is 0 Å². The quantitative estimate of drug-likeness (QED) is 0.775. The van der Waals surface area contributed by atoms with Crippen molar-refractivity contribution in [3.63, 3.8) is 0 Å². The number of benzene rings is 1. The van der Waals surface area contributed by atoms with Crippen molar-refractivity contribution < 1.29 is 14.6 Å². The molecule has 0 aromatic heterocycles. The van der Waals surface area contributed by atoms with Gasteiger partial charge in [-0.3, -0.25) is 0 Å². The van der Waals surface area contributed by atoms with Crippen LogP contribution in [0.5, 0.6) is 5.75 Å². The van der Waals surface area contributed by atoms with E-state index in [-0.39, 0.29) is 12.7 Å². The Morgan fingerprint density at radius 1 is 1.27 bits per heavy atom. The normalized spacial score (nSPS) is 12.5. The predicted octanol–water partition coefficient (Wildman–Crippen LogP) is 1.64. The van der Waals surface area contributed by atoms with E-state index in [1.807, 2.05) is 31.2 Å². The monoisotopic (exact) mass is 210 g/mol. The first-order chi connectivity index (χ1) is 7.30. The second-order valence-corrected chi connectivity index (χ2v) is 3.31. The molecule has 0 aliphatic carbocycles. The minimum Gasteiger partial charge on any atom is -0.497 e. The van der Waals surface area contributed by atoms with E-state index >= 15 is 0 Å². The van der Waals surface area contributed by atoms with Crippen LogP contribution >= 0.6 is 0 Å². The van der Waals surface area contributed by atoms with Crippen LogP contribution in [0, 0.1) is 0 Å². The van der Waals surface area contributed by atoms with Crippen molar-refractivity contribution in [2.45, 2.75) is 19.4 Å². The molecule has 0 aliphatic heterocycles. The van der Waals surface area contributed by atoms with Gasteiger partial charge in [-0.05, 0) is 24.6 Å². The molecule has 0 bridgehead atoms. The Hall–Kier alpha value is -1.06. The van der Waals surface area contributed by atoms with Crippen molar-refractivity contribution in [3.05, 3.63) is 29.8 Å². The highest BCUT2D eigenvalue weighted by Crippen LogP contribution is 2.13. The lowest BCUT2D eigenvalue weighted by atomic mass is 10.1. The molecule has 0 saturated carbocycles. The topological polar surface area (TPSA) is 38.7 Å². The number of hydrogen-bond acceptors (Lipinski definition) is 3. The van der Waals surface area contributed by atoms with E-state index < -0.39 is 0 Å². The smallest absolute Gasteiger partial charge is 0.118 e. The van der Waals surface area contributed by atoms with Gasteiger partial charge in [0, 0.05) is 13.0 Å². The van der Waals surface area contributed by atoms with Gasteiger partial charge in [0.1, 0.15) is 5.75 Å². The maximum atomic E-state index is 9.07. The van der Waals surface area contributed by atoms with E-state index in [1.54, 1.807) is 7.11 Å². The van der Waals surface area contributed by atoms with Crippen LogP contribution in [0.1, 0.15) is 12.5 Å². The lowest BCUT2D eigenvalue weighted by molar-refractivity contribution is 0.0207. The Morgan fingerprint density at radius 2 is 1.93 bits per heavy atom. The summed E-state index contributed by atoms with van der Waals surface area (Å²) in [5, 5.41) is 9.07. The molecule has 0 saturated heterocycles. The second kappa shape index (κ2) is 6.43. The molecule has 0 radical (unpaired) electrons. The first-order valence-corrected chi connectivity index (χ1v) is 5.15. The molecule has 1 rings (SSSR count). The standard InChI is InChI=1S/C12H18O3/c1-3-15-12(9-13)8-10-4-6-11(14-2)7-5-10/h4-7,12-13H,3,8-9H2,1-2H3/t12-/m0/s1. The molecule has 1 atom stereocenters. The van der Waals surface area contributed by atoms with E-state index in [4.69, 9.17) is 14.6 Å². The summed E-state index contributed by atoms with van der Waals surface area (Å²) in [5.74, 6) is 0.843. The van der Waals surface area contributed by atoms with Crippen LogP contribution in [0.2, 0.25) is 0 Å². The Kier molecular flexibility index (Phi) is 5.15. The van der Waals surface area contributed by atoms with Gasteiger partial charge in [0.25, 0.3) is 0 Å². The summed E-state index contributed by atoms with van der Waals surface area (Å²) < 4.78 is 10.4. The first kappa shape index (κ1) is 12.0. The largest absolute Gasteiger partial charge is 0.497 e. The minimum atomic E-state index is -0.108. The highest BCUT2D eigenvalue weighted by molar-refractivity contribution is 5.27. The molecule has 0 spiro atoms. The van der Waals surface area contributed by atoms with Gasteiger partial charge >= 0.3 is 0 Å². The molecule has 3 nitrogen and oxygen atoms in total. The Balaban J connectivity index is 2.55. The van der Waals surface area contributed by atoms with Gasteiger partial charge in [-0.15, -0.1) is 0 Å². The number of rotatable bonds is 6. The van der Waals surface area contributed by atoms with Crippen LogP contribution in [-0.2, 0) is 11.2 Å². The molecule has 1 aromatic carbocycles. The summed E-state index contributed by atoms with van der Waals surface area (Å²) in [7, 11) is 1.64. The lowest BCUT2D eigenvalue weighted by Crippen LogP contribution is -2.20. The van der Waals surface area contributed by atoms with Crippen molar-refractivity contribution in [2.75, 3.05) is 20.3 Å². The molecule has 1 aromatic rings. The molecule has 0 amide bonds. The number of ether oxygens (including phenoxy) is 2. The highest BCUT2D eigenvalue weighted by Gasteiger charge is 2.07. The summed E-state index contributed by atoms with van der Waals surface area (Å²) in [6, 6.07) is 7.80. The first-order valence-electron chi connectivity index (χ1n) is 5.15. The fourth-order valence-corrected chi connectivity index (χ4v) is 1.44. The molecule has 1 N–H and O–H groups in total. The molecular formula is C12H18O3. The summed E-state index contributed by atoms with van der Waals surface area (Å²) in [5.41, 5.74) is 1.14. The van der Waals surface area contributed by atoms with Crippen molar-refractivity contribution in [3.8, 4) is 5.75 Å². The summed E-state index contributed by atoms with van der Waals surface area (Å²) in [4.78, 5) is 0. The molecule has 3 heteroatoms. The molecular weight excluding hydrogens is 192 g/mol. The van der Waals surface area contributed by atoms with E-state index in [2.05, 4.69) is 0 Å².